The summed E-state index contributed by atoms with van der Waals surface area (Å²) in [5.74, 6) is 0.701. The van der Waals surface area contributed by atoms with Crippen molar-refractivity contribution in [1.82, 2.24) is 5.32 Å². The van der Waals surface area contributed by atoms with E-state index in [0.717, 1.165) is 10.9 Å². The van der Waals surface area contributed by atoms with E-state index in [4.69, 9.17) is 0 Å². The standard InChI is InChI=1S/C13H20BrNOS/c1-4-13(15-10(2)9-17(3)16)11-5-7-12(14)8-6-11/h5-8,10,13,15H,4,9H2,1-3H3. The zero-order valence-electron chi connectivity index (χ0n) is 10.6. The quantitative estimate of drug-likeness (QED) is 0.872. The summed E-state index contributed by atoms with van der Waals surface area (Å²) < 4.78 is 12.3. The first-order valence-electron chi connectivity index (χ1n) is 5.84. The topological polar surface area (TPSA) is 29.1 Å². The van der Waals surface area contributed by atoms with Crippen LogP contribution < -0.4 is 5.32 Å². The monoisotopic (exact) mass is 317 g/mol. The van der Waals surface area contributed by atoms with Crippen molar-refractivity contribution in [3.05, 3.63) is 34.3 Å². The van der Waals surface area contributed by atoms with Crippen molar-refractivity contribution in [3.63, 3.8) is 0 Å². The number of halogens is 1. The molecule has 2 nitrogen and oxygen atoms in total. The molecule has 0 saturated heterocycles. The van der Waals surface area contributed by atoms with E-state index in [1.165, 1.54) is 5.56 Å². The normalized spacial score (nSPS) is 16.5. The van der Waals surface area contributed by atoms with Crippen molar-refractivity contribution < 1.29 is 4.21 Å². The minimum Gasteiger partial charge on any atom is -0.307 e. The highest BCUT2D eigenvalue weighted by Gasteiger charge is 2.13. The predicted octanol–water partition coefficient (Wildman–Crippen LogP) is 3.26. The van der Waals surface area contributed by atoms with Gasteiger partial charge in [-0.2, -0.15) is 0 Å². The maximum absolute atomic E-state index is 11.2. The number of nitrogens with one attached hydrogen (secondary N) is 1. The Morgan fingerprint density at radius 3 is 2.41 bits per heavy atom. The molecule has 0 bridgehead atoms. The molecular formula is C13H20BrNOS. The van der Waals surface area contributed by atoms with Gasteiger partial charge in [0.1, 0.15) is 0 Å². The van der Waals surface area contributed by atoms with Gasteiger partial charge in [-0.05, 0) is 31.0 Å². The largest absolute Gasteiger partial charge is 0.307 e. The highest BCUT2D eigenvalue weighted by molar-refractivity contribution is 9.10. The molecule has 0 heterocycles. The molecule has 0 spiro atoms. The third kappa shape index (κ3) is 5.32. The Morgan fingerprint density at radius 2 is 1.94 bits per heavy atom. The molecule has 1 aromatic carbocycles. The van der Waals surface area contributed by atoms with Gasteiger partial charge in [-0.25, -0.2) is 0 Å². The lowest BCUT2D eigenvalue weighted by molar-refractivity contribution is 0.468. The Hall–Kier alpha value is -0.190. The molecule has 0 fully saturated rings. The number of rotatable bonds is 6. The van der Waals surface area contributed by atoms with E-state index in [9.17, 15) is 4.21 Å². The fourth-order valence-corrected chi connectivity index (χ4v) is 2.95. The van der Waals surface area contributed by atoms with Crippen molar-refractivity contribution in [3.8, 4) is 0 Å². The smallest absolute Gasteiger partial charge is 0.0383 e. The van der Waals surface area contributed by atoms with Crippen LogP contribution in [-0.2, 0) is 10.8 Å². The van der Waals surface area contributed by atoms with Crippen LogP contribution in [0.1, 0.15) is 31.9 Å². The molecule has 96 valence electrons. The van der Waals surface area contributed by atoms with Gasteiger partial charge in [0.05, 0.1) is 0 Å². The van der Waals surface area contributed by atoms with Crippen molar-refractivity contribution in [1.29, 1.82) is 0 Å². The van der Waals surface area contributed by atoms with Gasteiger partial charge in [-0.15, -0.1) is 0 Å². The Balaban J connectivity index is 2.65. The van der Waals surface area contributed by atoms with E-state index in [2.05, 4.69) is 59.4 Å². The fourth-order valence-electron chi connectivity index (χ4n) is 1.89. The predicted molar refractivity (Wildman–Crippen MR) is 78.7 cm³/mol. The first-order chi connectivity index (χ1) is 8.02. The fraction of sp³-hybridized carbons (Fsp3) is 0.538. The second-order valence-corrected chi connectivity index (χ2v) is 6.72. The molecule has 0 aliphatic heterocycles. The average molecular weight is 318 g/mol. The van der Waals surface area contributed by atoms with Gasteiger partial charge in [0.2, 0.25) is 0 Å². The Bertz CT molecular complexity index is 366. The highest BCUT2D eigenvalue weighted by Crippen LogP contribution is 2.20. The van der Waals surface area contributed by atoms with Gasteiger partial charge in [-0.1, -0.05) is 35.0 Å². The third-order valence-electron chi connectivity index (χ3n) is 2.65. The molecule has 0 aliphatic carbocycles. The summed E-state index contributed by atoms with van der Waals surface area (Å²) in [6, 6.07) is 8.97. The molecule has 0 radical (unpaired) electrons. The van der Waals surface area contributed by atoms with Crippen molar-refractivity contribution in [2.45, 2.75) is 32.4 Å². The summed E-state index contributed by atoms with van der Waals surface area (Å²) in [5, 5.41) is 3.53. The molecule has 0 amide bonds. The van der Waals surface area contributed by atoms with E-state index in [1.54, 1.807) is 6.26 Å². The number of benzene rings is 1. The van der Waals surface area contributed by atoms with Crippen LogP contribution >= 0.6 is 15.9 Å². The minimum atomic E-state index is -0.744. The second-order valence-electron chi connectivity index (χ2n) is 4.32. The van der Waals surface area contributed by atoms with E-state index in [1.807, 2.05) is 0 Å². The van der Waals surface area contributed by atoms with Gasteiger partial charge in [0, 0.05) is 39.4 Å². The van der Waals surface area contributed by atoms with Crippen LogP contribution in [0.2, 0.25) is 0 Å². The molecule has 3 unspecified atom stereocenters. The minimum absolute atomic E-state index is 0.273. The molecule has 3 atom stereocenters. The van der Waals surface area contributed by atoms with Crippen LogP contribution in [-0.4, -0.2) is 22.3 Å². The Morgan fingerprint density at radius 1 is 1.35 bits per heavy atom. The van der Waals surface area contributed by atoms with Gasteiger partial charge in [0.15, 0.2) is 0 Å². The van der Waals surface area contributed by atoms with E-state index in [-0.39, 0.29) is 6.04 Å². The summed E-state index contributed by atoms with van der Waals surface area (Å²) in [6.07, 6.45) is 2.78. The lowest BCUT2D eigenvalue weighted by atomic mass is 10.0. The summed E-state index contributed by atoms with van der Waals surface area (Å²) >= 11 is 3.44. The molecule has 0 aromatic heterocycles. The molecule has 0 saturated carbocycles. The van der Waals surface area contributed by atoms with E-state index in [0.29, 0.717) is 11.8 Å². The lowest BCUT2D eigenvalue weighted by Gasteiger charge is -2.22. The second kappa shape index (κ2) is 7.29. The zero-order chi connectivity index (χ0) is 12.8. The maximum Gasteiger partial charge on any atom is 0.0383 e. The summed E-state index contributed by atoms with van der Waals surface area (Å²) in [6.45, 7) is 4.25. The molecule has 17 heavy (non-hydrogen) atoms. The van der Waals surface area contributed by atoms with E-state index < -0.39 is 10.8 Å². The van der Waals surface area contributed by atoms with Crippen LogP contribution in [0, 0.1) is 0 Å². The molecule has 1 N–H and O–H groups in total. The van der Waals surface area contributed by atoms with Gasteiger partial charge in [-0.3, -0.25) is 4.21 Å². The lowest BCUT2D eigenvalue weighted by Crippen LogP contribution is -2.34. The summed E-state index contributed by atoms with van der Waals surface area (Å²) in [4.78, 5) is 0. The van der Waals surface area contributed by atoms with Gasteiger partial charge in [0.25, 0.3) is 0 Å². The highest BCUT2D eigenvalue weighted by atomic mass is 79.9. The van der Waals surface area contributed by atoms with Gasteiger partial charge >= 0.3 is 0 Å². The maximum atomic E-state index is 11.2. The van der Waals surface area contributed by atoms with Crippen molar-refractivity contribution in [2.24, 2.45) is 0 Å². The summed E-state index contributed by atoms with van der Waals surface area (Å²) in [7, 11) is -0.744. The van der Waals surface area contributed by atoms with Gasteiger partial charge < -0.3 is 5.32 Å². The molecule has 4 heteroatoms. The molecule has 1 rings (SSSR count). The number of hydrogen-bond donors (Lipinski definition) is 1. The first-order valence-corrected chi connectivity index (χ1v) is 8.36. The summed E-state index contributed by atoms with van der Waals surface area (Å²) in [5.41, 5.74) is 1.28. The van der Waals surface area contributed by atoms with Crippen LogP contribution in [0.15, 0.2) is 28.7 Å². The van der Waals surface area contributed by atoms with Crippen LogP contribution in [0.3, 0.4) is 0 Å². The molecule has 1 aromatic rings. The zero-order valence-corrected chi connectivity index (χ0v) is 13.0. The van der Waals surface area contributed by atoms with E-state index >= 15 is 0 Å². The van der Waals surface area contributed by atoms with Crippen LogP contribution in [0.5, 0.6) is 0 Å². The molecular weight excluding hydrogens is 298 g/mol. The first kappa shape index (κ1) is 14.9. The number of hydrogen-bond acceptors (Lipinski definition) is 2. The third-order valence-corrected chi connectivity index (χ3v) is 4.15. The Kier molecular flexibility index (Phi) is 6.38. The van der Waals surface area contributed by atoms with Crippen molar-refractivity contribution >= 4 is 26.7 Å². The van der Waals surface area contributed by atoms with Crippen LogP contribution in [0.4, 0.5) is 0 Å². The Labute approximate surface area is 115 Å². The van der Waals surface area contributed by atoms with Crippen molar-refractivity contribution in [2.75, 3.05) is 12.0 Å². The average Bonchev–Trinajstić information content (AvgIpc) is 2.26. The van der Waals surface area contributed by atoms with Crippen LogP contribution in [0.25, 0.3) is 0 Å². The SMILES string of the molecule is CCC(NC(C)CS(C)=O)c1ccc(Br)cc1. The molecule has 0 aliphatic rings.